The Morgan fingerprint density at radius 2 is 1.46 bits per heavy atom. The Kier molecular flexibility index (Phi) is 11.3. The Balaban J connectivity index is 1.58. The molecule has 280 valence electrons. The number of phosphoric ester groups is 1. The van der Waals surface area contributed by atoms with E-state index in [1.54, 1.807) is 37.4 Å². The van der Waals surface area contributed by atoms with Gasteiger partial charge in [-0.3, -0.25) is 18.9 Å². The van der Waals surface area contributed by atoms with Crippen LogP contribution < -0.4 is 21.9 Å². The summed E-state index contributed by atoms with van der Waals surface area (Å²) in [5, 5.41) is 5.65. The van der Waals surface area contributed by atoms with Gasteiger partial charge in [-0.15, -0.1) is 0 Å². The second kappa shape index (κ2) is 15.2. The number of nitrogens with two attached hydrogens (primary N) is 1. The monoisotopic (exact) mass is 789 g/mol. The summed E-state index contributed by atoms with van der Waals surface area (Å²) in [6, 6.07) is 12.3. The quantitative estimate of drug-likeness (QED) is 0.0662. The number of phosphoric acid groups is 3. The second-order valence-corrected chi connectivity index (χ2v) is 15.0. The van der Waals surface area contributed by atoms with Gasteiger partial charge in [0.15, 0.2) is 29.6 Å². The number of aromatic amines is 1. The third kappa shape index (κ3) is 8.92. The largest absolute Gasteiger partial charge is 0.490 e. The maximum atomic E-state index is 13.7. The molecule has 0 amide bonds. The molecular formula is C26H30N7O16P3. The molecule has 5 rings (SSSR count). The zero-order valence-corrected chi connectivity index (χ0v) is 29.3. The number of rotatable bonds is 14. The van der Waals surface area contributed by atoms with Crippen molar-refractivity contribution in [3.63, 3.8) is 0 Å². The average molecular weight is 789 g/mol. The molecule has 3 heterocycles. The number of nitrogens with zero attached hydrogens (tertiary/aromatic N) is 3. The molecule has 1 fully saturated rings. The van der Waals surface area contributed by atoms with Crippen LogP contribution in [-0.4, -0.2) is 90.0 Å². The van der Waals surface area contributed by atoms with E-state index in [2.05, 4.69) is 34.2 Å². The van der Waals surface area contributed by atoms with E-state index >= 15 is 0 Å². The number of hydrogen-bond acceptors (Lipinski definition) is 17. The summed E-state index contributed by atoms with van der Waals surface area (Å²) < 4.78 is 66.9. The lowest BCUT2D eigenvalue weighted by molar-refractivity contribution is -0.0558. The molecular weight excluding hydrogens is 759 g/mol. The summed E-state index contributed by atoms with van der Waals surface area (Å²) in [5.41, 5.74) is 5.21. The molecule has 0 radical (unpaired) electrons. The number of hydrogen-bond donors (Lipinski definition) is 8. The fourth-order valence-electron chi connectivity index (χ4n) is 5.07. The maximum Gasteiger partial charge on any atom is 0.490 e. The molecule has 2 aromatic carbocycles. The molecule has 26 heteroatoms. The van der Waals surface area contributed by atoms with E-state index in [0.29, 0.717) is 11.4 Å². The zero-order chi connectivity index (χ0) is 38.0. The molecule has 2 unspecified atom stereocenters. The zero-order valence-electron chi connectivity index (χ0n) is 26.7. The molecule has 0 spiro atoms. The molecule has 6 atom stereocenters. The van der Waals surface area contributed by atoms with Gasteiger partial charge in [-0.05, 0) is 24.3 Å². The van der Waals surface area contributed by atoms with Gasteiger partial charge in [-0.1, -0.05) is 24.3 Å². The number of aromatic nitrogens is 4. The van der Waals surface area contributed by atoms with Gasteiger partial charge in [0, 0.05) is 25.5 Å². The minimum atomic E-state index is -5.92. The summed E-state index contributed by atoms with van der Waals surface area (Å²) in [4.78, 5) is 87.8. The van der Waals surface area contributed by atoms with Crippen LogP contribution in [0.25, 0.3) is 11.2 Å². The highest BCUT2D eigenvalue weighted by molar-refractivity contribution is 7.66. The van der Waals surface area contributed by atoms with Gasteiger partial charge in [0.25, 0.3) is 5.56 Å². The summed E-state index contributed by atoms with van der Waals surface area (Å²) >= 11 is 0. The highest BCUT2D eigenvalue weighted by atomic mass is 31.3. The first-order valence-electron chi connectivity index (χ1n) is 14.5. The van der Waals surface area contributed by atoms with Gasteiger partial charge < -0.3 is 50.2 Å². The molecule has 1 aliphatic rings. The molecule has 1 saturated heterocycles. The molecule has 0 aliphatic carbocycles. The topological polar surface area (TPSA) is 335 Å². The van der Waals surface area contributed by atoms with E-state index in [0.717, 1.165) is 10.9 Å². The fourth-order valence-corrected chi connectivity index (χ4v) is 8.10. The lowest BCUT2D eigenvalue weighted by Crippen LogP contribution is -2.41. The van der Waals surface area contributed by atoms with Crippen LogP contribution in [-0.2, 0) is 41.1 Å². The van der Waals surface area contributed by atoms with Crippen molar-refractivity contribution in [2.24, 2.45) is 0 Å². The highest BCUT2D eigenvalue weighted by Crippen LogP contribution is 2.66. The number of H-pyrrole nitrogens is 1. The number of carbonyl (C=O) groups excluding carboxylic acids is 2. The number of carbonyl (C=O) groups is 2. The van der Waals surface area contributed by atoms with Crippen LogP contribution in [0.2, 0.25) is 0 Å². The van der Waals surface area contributed by atoms with Crippen LogP contribution in [0.3, 0.4) is 0 Å². The van der Waals surface area contributed by atoms with E-state index in [9.17, 15) is 37.9 Å². The molecule has 52 heavy (non-hydrogen) atoms. The van der Waals surface area contributed by atoms with E-state index in [1.807, 2.05) is 0 Å². The van der Waals surface area contributed by atoms with Crippen LogP contribution in [0.5, 0.6) is 0 Å². The predicted octanol–water partition coefficient (Wildman–Crippen LogP) is 1.48. The Hall–Kier alpha value is -4.50. The van der Waals surface area contributed by atoms with E-state index in [-0.39, 0.29) is 28.2 Å². The van der Waals surface area contributed by atoms with Crippen molar-refractivity contribution in [2.45, 2.75) is 24.5 Å². The van der Waals surface area contributed by atoms with Crippen molar-refractivity contribution in [2.75, 3.05) is 37.1 Å². The van der Waals surface area contributed by atoms with Gasteiger partial charge in [-0.25, -0.2) is 28.3 Å². The number of imidazole rings is 1. The SMILES string of the molecule is CNc1ccccc1C(=O)O[C@@H]1[C@H](OC(=O)c2ccccc2NC)[C@@H](COP(=O)(O)OP(=O)(O)OP(=O)(O)O)O[C@H]1n1cnc2c(=O)[nH]c(N)nc21. The van der Waals surface area contributed by atoms with Crippen molar-refractivity contribution in [3.05, 3.63) is 76.3 Å². The highest BCUT2D eigenvalue weighted by Gasteiger charge is 2.53. The number of anilines is 3. The van der Waals surface area contributed by atoms with Crippen molar-refractivity contribution in [1.82, 2.24) is 19.5 Å². The predicted molar refractivity (Wildman–Crippen MR) is 177 cm³/mol. The molecule has 2 aromatic heterocycles. The van der Waals surface area contributed by atoms with E-state index in [4.69, 9.17) is 34.3 Å². The normalized spacial score (nSPS) is 21.2. The number of nitrogen functional groups attached to an aromatic ring is 1. The average Bonchev–Trinajstić information content (AvgIpc) is 3.62. The Morgan fingerprint density at radius 3 is 2.02 bits per heavy atom. The standard InChI is InChI=1S/C26H30N7O16P3/c1-28-15-9-5-3-7-13(15)24(35)46-19-17(11-44-51(40,41)49-52(42,43)48-50(37,38)39)45-23(33-12-30-18-21(33)31-26(27)32-22(18)34)20(19)47-25(36)14-8-4-6-10-16(14)29-2/h3-10,12,17,19-20,23,28-29H,11H2,1-2H3,(H,40,41)(H,42,43)(H2,37,38,39)(H3,27,31,32,34)/t17-,19-,20-,23-/m1/s1. The minimum Gasteiger partial charge on any atom is -0.452 e. The Bertz CT molecular complexity index is 2190. The van der Waals surface area contributed by atoms with Crippen LogP contribution >= 0.6 is 23.5 Å². The van der Waals surface area contributed by atoms with Gasteiger partial charge in [0.1, 0.15) is 6.10 Å². The molecule has 23 nitrogen and oxygen atoms in total. The van der Waals surface area contributed by atoms with Gasteiger partial charge in [-0.2, -0.15) is 13.6 Å². The lowest BCUT2D eigenvalue weighted by atomic mass is 10.1. The summed E-state index contributed by atoms with van der Waals surface area (Å²) in [7, 11) is -14.3. The van der Waals surface area contributed by atoms with Gasteiger partial charge in [0.05, 0.1) is 24.1 Å². The number of nitrogens with one attached hydrogen (secondary N) is 3. The molecule has 0 bridgehead atoms. The number of esters is 2. The number of para-hydroxylation sites is 2. The van der Waals surface area contributed by atoms with Crippen molar-refractivity contribution in [3.8, 4) is 0 Å². The first-order chi connectivity index (χ1) is 24.4. The van der Waals surface area contributed by atoms with Gasteiger partial charge in [0.2, 0.25) is 5.95 Å². The fraction of sp³-hybridized carbons (Fsp3) is 0.269. The lowest BCUT2D eigenvalue weighted by Gasteiger charge is -2.25. The minimum absolute atomic E-state index is 0.0141. The smallest absolute Gasteiger partial charge is 0.452 e. The van der Waals surface area contributed by atoms with Crippen LogP contribution in [0.1, 0.15) is 26.9 Å². The molecule has 4 aromatic rings. The first kappa shape index (κ1) is 38.7. The van der Waals surface area contributed by atoms with E-state index in [1.165, 1.54) is 25.2 Å². The number of ether oxygens (including phenoxy) is 3. The third-order valence-electron chi connectivity index (χ3n) is 7.15. The van der Waals surface area contributed by atoms with Crippen LogP contribution in [0, 0.1) is 0 Å². The Labute approximate surface area is 291 Å². The van der Waals surface area contributed by atoms with E-state index < -0.39 is 72.1 Å². The maximum absolute atomic E-state index is 13.7. The first-order valence-corrected chi connectivity index (χ1v) is 19.1. The second-order valence-electron chi connectivity index (χ2n) is 10.6. The van der Waals surface area contributed by atoms with Gasteiger partial charge >= 0.3 is 35.4 Å². The molecule has 1 aliphatic heterocycles. The van der Waals surface area contributed by atoms with Crippen molar-refractivity contribution >= 4 is 63.9 Å². The van der Waals surface area contributed by atoms with Crippen LogP contribution in [0.4, 0.5) is 17.3 Å². The number of benzene rings is 2. The Morgan fingerprint density at radius 1 is 0.904 bits per heavy atom. The molecule has 0 saturated carbocycles. The van der Waals surface area contributed by atoms with Crippen molar-refractivity contribution < 1.29 is 70.2 Å². The third-order valence-corrected chi connectivity index (χ3v) is 10.9. The molecule has 9 N–H and O–H groups in total. The number of fused-ring (bicyclic) bond motifs is 1. The van der Waals surface area contributed by atoms with Crippen LogP contribution in [0.15, 0.2) is 59.7 Å². The summed E-state index contributed by atoms with van der Waals surface area (Å²) in [6.07, 6.45) is -5.69. The van der Waals surface area contributed by atoms with Crippen molar-refractivity contribution in [1.29, 1.82) is 0 Å². The summed E-state index contributed by atoms with van der Waals surface area (Å²) in [6.45, 7) is -1.14. The summed E-state index contributed by atoms with van der Waals surface area (Å²) in [5.74, 6) is -2.35.